The number of carbonyl (C=O) groups is 1. The Hall–Kier alpha value is -1.63. The van der Waals surface area contributed by atoms with Crippen LogP contribution in [0.4, 0.5) is 4.79 Å². The molecular weight excluding hydrogens is 364 g/mol. The van der Waals surface area contributed by atoms with E-state index in [4.69, 9.17) is 4.74 Å². The summed E-state index contributed by atoms with van der Waals surface area (Å²) in [5, 5.41) is 0. The first-order valence-electron chi connectivity index (χ1n) is 11.3. The minimum absolute atomic E-state index is 0.107. The number of amides is 1. The van der Waals surface area contributed by atoms with Gasteiger partial charge in [0, 0.05) is 71.7 Å². The molecule has 0 aliphatic carbocycles. The van der Waals surface area contributed by atoms with Crippen LogP contribution in [0.15, 0.2) is 24.3 Å². The van der Waals surface area contributed by atoms with E-state index in [0.29, 0.717) is 0 Å². The fourth-order valence-corrected chi connectivity index (χ4v) is 4.79. The molecule has 3 aliphatic rings. The van der Waals surface area contributed by atoms with E-state index in [1.54, 1.807) is 0 Å². The van der Waals surface area contributed by atoms with Gasteiger partial charge in [0.2, 0.25) is 0 Å². The van der Waals surface area contributed by atoms with E-state index in [1.807, 2.05) is 4.90 Å². The summed E-state index contributed by atoms with van der Waals surface area (Å²) in [5.41, 5.74) is 2.40. The zero-order valence-electron chi connectivity index (χ0n) is 18.1. The number of hydrogen-bond donors (Lipinski definition) is 0. The van der Waals surface area contributed by atoms with Gasteiger partial charge in [0.25, 0.3) is 0 Å². The maximum absolute atomic E-state index is 12.5. The molecule has 6 nitrogen and oxygen atoms in total. The molecule has 1 aromatic rings. The van der Waals surface area contributed by atoms with Gasteiger partial charge in [-0.05, 0) is 19.0 Å². The summed E-state index contributed by atoms with van der Waals surface area (Å²) in [7, 11) is 0. The Bertz CT molecular complexity index is 677. The molecule has 160 valence electrons. The second-order valence-electron chi connectivity index (χ2n) is 9.01. The number of likely N-dealkylation sites (tertiary alicyclic amines) is 1. The van der Waals surface area contributed by atoms with Crippen LogP contribution < -0.4 is 0 Å². The fraction of sp³-hybridized carbons (Fsp3) is 0.696. The van der Waals surface area contributed by atoms with Crippen molar-refractivity contribution in [2.75, 3.05) is 65.4 Å². The van der Waals surface area contributed by atoms with Crippen molar-refractivity contribution in [3.8, 4) is 0 Å². The maximum Gasteiger partial charge on any atom is 0.410 e. The first kappa shape index (κ1) is 20.6. The Morgan fingerprint density at radius 3 is 2.21 bits per heavy atom. The molecule has 0 aromatic heterocycles. The third-order valence-corrected chi connectivity index (χ3v) is 6.93. The van der Waals surface area contributed by atoms with E-state index < -0.39 is 0 Å². The predicted molar refractivity (Wildman–Crippen MR) is 115 cm³/mol. The number of piperidine rings is 1. The molecule has 6 heteroatoms. The SMILES string of the molecule is CCN1CCN(CCN2CC3(CCN(Cc4ccc(C)cc4)CC3)OC2=O)CC1. The largest absolute Gasteiger partial charge is 0.441 e. The smallest absolute Gasteiger partial charge is 0.410 e. The molecular formula is C23H36N4O2. The van der Waals surface area contributed by atoms with Gasteiger partial charge in [0.15, 0.2) is 0 Å². The Balaban J connectivity index is 1.22. The molecule has 0 bridgehead atoms. The number of carbonyl (C=O) groups excluding carboxylic acids is 1. The quantitative estimate of drug-likeness (QED) is 0.733. The summed E-state index contributed by atoms with van der Waals surface area (Å²) in [6.07, 6.45) is 1.77. The van der Waals surface area contributed by atoms with Crippen molar-refractivity contribution in [3.05, 3.63) is 35.4 Å². The second kappa shape index (κ2) is 9.02. The Labute approximate surface area is 175 Å². The summed E-state index contributed by atoms with van der Waals surface area (Å²) in [6, 6.07) is 8.80. The first-order chi connectivity index (χ1) is 14.0. The molecule has 0 atom stereocenters. The molecule has 1 amide bonds. The van der Waals surface area contributed by atoms with E-state index in [1.165, 1.54) is 11.1 Å². The molecule has 0 N–H and O–H groups in total. The van der Waals surface area contributed by atoms with Gasteiger partial charge in [-0.25, -0.2) is 4.79 Å². The lowest BCUT2D eigenvalue weighted by Crippen LogP contribution is -2.49. The highest BCUT2D eigenvalue weighted by atomic mass is 16.6. The molecule has 1 aromatic carbocycles. The van der Waals surface area contributed by atoms with Crippen LogP contribution >= 0.6 is 0 Å². The number of aryl methyl sites for hydroxylation is 1. The monoisotopic (exact) mass is 400 g/mol. The molecule has 1 spiro atoms. The van der Waals surface area contributed by atoms with Crippen LogP contribution in [0, 0.1) is 6.92 Å². The molecule has 0 unspecified atom stereocenters. The minimum Gasteiger partial charge on any atom is -0.441 e. The molecule has 0 radical (unpaired) electrons. The van der Waals surface area contributed by atoms with E-state index in [9.17, 15) is 4.79 Å². The number of nitrogens with zero attached hydrogens (tertiary/aromatic N) is 4. The Kier molecular flexibility index (Phi) is 6.42. The van der Waals surface area contributed by atoms with Gasteiger partial charge < -0.3 is 14.5 Å². The summed E-state index contributed by atoms with van der Waals surface area (Å²) in [4.78, 5) is 21.9. The number of ether oxygens (including phenoxy) is 1. The third-order valence-electron chi connectivity index (χ3n) is 6.93. The van der Waals surface area contributed by atoms with E-state index >= 15 is 0 Å². The van der Waals surface area contributed by atoms with Crippen LogP contribution in [0.5, 0.6) is 0 Å². The molecule has 29 heavy (non-hydrogen) atoms. The highest BCUT2D eigenvalue weighted by Gasteiger charge is 2.46. The zero-order valence-corrected chi connectivity index (χ0v) is 18.1. The van der Waals surface area contributed by atoms with Crippen molar-refractivity contribution in [2.24, 2.45) is 0 Å². The van der Waals surface area contributed by atoms with Gasteiger partial charge in [-0.2, -0.15) is 0 Å². The zero-order chi connectivity index (χ0) is 20.3. The van der Waals surface area contributed by atoms with E-state index in [0.717, 1.165) is 84.8 Å². The molecule has 4 rings (SSSR count). The number of rotatable bonds is 6. The lowest BCUT2D eigenvalue weighted by molar-refractivity contribution is -0.00126. The molecule has 3 heterocycles. The summed E-state index contributed by atoms with van der Waals surface area (Å²) in [6.45, 7) is 15.5. The number of hydrogen-bond acceptors (Lipinski definition) is 5. The second-order valence-corrected chi connectivity index (χ2v) is 9.01. The minimum atomic E-state index is -0.262. The lowest BCUT2D eigenvalue weighted by atomic mass is 9.91. The predicted octanol–water partition coefficient (Wildman–Crippen LogP) is 2.42. The van der Waals surface area contributed by atoms with Crippen LogP contribution in [-0.4, -0.2) is 96.7 Å². The van der Waals surface area contributed by atoms with Crippen molar-refractivity contribution < 1.29 is 9.53 Å². The van der Waals surface area contributed by atoms with Crippen LogP contribution in [-0.2, 0) is 11.3 Å². The van der Waals surface area contributed by atoms with Crippen LogP contribution in [0.3, 0.4) is 0 Å². The topological polar surface area (TPSA) is 39.3 Å². The average Bonchev–Trinajstić information content (AvgIpc) is 3.05. The maximum atomic E-state index is 12.5. The Morgan fingerprint density at radius 2 is 1.55 bits per heavy atom. The van der Waals surface area contributed by atoms with Gasteiger partial charge in [-0.3, -0.25) is 9.80 Å². The normalized spacial score (nSPS) is 23.7. The van der Waals surface area contributed by atoms with E-state index in [-0.39, 0.29) is 11.7 Å². The highest BCUT2D eigenvalue weighted by Crippen LogP contribution is 2.33. The third kappa shape index (κ3) is 5.11. The summed E-state index contributed by atoms with van der Waals surface area (Å²) < 4.78 is 5.92. The van der Waals surface area contributed by atoms with Gasteiger partial charge in [-0.15, -0.1) is 0 Å². The van der Waals surface area contributed by atoms with Gasteiger partial charge in [0.05, 0.1) is 6.54 Å². The van der Waals surface area contributed by atoms with Crippen LogP contribution in [0.2, 0.25) is 0 Å². The molecule has 3 fully saturated rings. The van der Waals surface area contributed by atoms with Crippen molar-refractivity contribution in [2.45, 2.75) is 38.8 Å². The number of likely N-dealkylation sites (N-methyl/N-ethyl adjacent to an activating group) is 1. The van der Waals surface area contributed by atoms with Crippen molar-refractivity contribution >= 4 is 6.09 Å². The first-order valence-corrected chi connectivity index (χ1v) is 11.3. The van der Waals surface area contributed by atoms with E-state index in [2.05, 4.69) is 52.8 Å². The van der Waals surface area contributed by atoms with Crippen molar-refractivity contribution in [3.63, 3.8) is 0 Å². The summed E-state index contributed by atoms with van der Waals surface area (Å²) >= 11 is 0. The number of piperazine rings is 1. The number of benzene rings is 1. The van der Waals surface area contributed by atoms with Gasteiger partial charge in [0.1, 0.15) is 5.60 Å². The van der Waals surface area contributed by atoms with Crippen molar-refractivity contribution in [1.82, 2.24) is 19.6 Å². The summed E-state index contributed by atoms with van der Waals surface area (Å²) in [5.74, 6) is 0. The van der Waals surface area contributed by atoms with Gasteiger partial charge >= 0.3 is 6.09 Å². The van der Waals surface area contributed by atoms with Crippen LogP contribution in [0.25, 0.3) is 0 Å². The fourth-order valence-electron chi connectivity index (χ4n) is 4.79. The lowest BCUT2D eigenvalue weighted by Gasteiger charge is -2.37. The molecule has 3 saturated heterocycles. The van der Waals surface area contributed by atoms with Gasteiger partial charge in [-0.1, -0.05) is 36.8 Å². The van der Waals surface area contributed by atoms with Crippen LogP contribution in [0.1, 0.15) is 30.9 Å². The Morgan fingerprint density at radius 1 is 0.897 bits per heavy atom. The van der Waals surface area contributed by atoms with Crippen molar-refractivity contribution in [1.29, 1.82) is 0 Å². The standard InChI is InChI=1S/C23H36N4O2/c1-3-24-12-14-25(15-13-24)16-17-27-19-23(29-22(27)28)8-10-26(11-9-23)18-21-6-4-20(2)5-7-21/h4-7H,3,8-19H2,1-2H3. The molecule has 0 saturated carbocycles. The average molecular weight is 401 g/mol. The highest BCUT2D eigenvalue weighted by molar-refractivity contribution is 5.70. The molecule has 3 aliphatic heterocycles.